The molecule has 1 aromatic heterocycles. The zero-order valence-corrected chi connectivity index (χ0v) is 19.0. The molecule has 170 valence electrons. The summed E-state index contributed by atoms with van der Waals surface area (Å²) in [4.78, 5) is 11.8. The van der Waals surface area contributed by atoms with Crippen molar-refractivity contribution >= 4 is 29.7 Å². The molecule has 1 saturated heterocycles. The number of nitrogens with one attached hydrogen (secondary N) is 1. The standard InChI is InChI=1S/C20H27ClN4O5S/c1-4-10(2)24-18(12-7-5-6-8-13(12)21)23-25(20(24)31)19-15(22-11(3)27)17(29)16(28)14(9-26)30-19/h5-8,10,14-17,19,26,28-29H,4,9H2,1-3H3,(H,22,27)/t10?,14-,15-,16-,17-,19-/m1/s1. The summed E-state index contributed by atoms with van der Waals surface area (Å²) < 4.78 is 9.39. The van der Waals surface area contributed by atoms with Crippen molar-refractivity contribution in [3.63, 3.8) is 0 Å². The molecular formula is C20H27ClN4O5S. The van der Waals surface area contributed by atoms with Gasteiger partial charge in [-0.25, -0.2) is 4.68 Å². The summed E-state index contributed by atoms with van der Waals surface area (Å²) in [5.41, 5.74) is 0.667. The lowest BCUT2D eigenvalue weighted by molar-refractivity contribution is -0.219. The van der Waals surface area contributed by atoms with E-state index in [-0.39, 0.29) is 6.04 Å². The van der Waals surface area contributed by atoms with Crippen LogP contribution in [0.25, 0.3) is 11.4 Å². The molecule has 1 aromatic carbocycles. The Morgan fingerprint density at radius 3 is 2.61 bits per heavy atom. The Hall–Kier alpha value is -1.82. The number of aliphatic hydroxyl groups excluding tert-OH is 3. The summed E-state index contributed by atoms with van der Waals surface area (Å²) in [7, 11) is 0. The zero-order chi connectivity index (χ0) is 22.9. The van der Waals surface area contributed by atoms with Crippen molar-refractivity contribution in [3.05, 3.63) is 34.1 Å². The lowest BCUT2D eigenvalue weighted by atomic mass is 9.96. The average Bonchev–Trinajstić information content (AvgIpc) is 3.08. The van der Waals surface area contributed by atoms with Gasteiger partial charge in [-0.3, -0.25) is 9.36 Å². The van der Waals surface area contributed by atoms with Gasteiger partial charge in [0.25, 0.3) is 0 Å². The molecule has 1 fully saturated rings. The van der Waals surface area contributed by atoms with Crippen molar-refractivity contribution in [1.82, 2.24) is 19.7 Å². The van der Waals surface area contributed by atoms with Gasteiger partial charge in [-0.1, -0.05) is 30.7 Å². The number of aliphatic hydroxyl groups is 3. The van der Waals surface area contributed by atoms with Crippen LogP contribution in [0.3, 0.4) is 0 Å². The van der Waals surface area contributed by atoms with Gasteiger partial charge in [0.2, 0.25) is 10.7 Å². The predicted octanol–water partition coefficient (Wildman–Crippen LogP) is 1.82. The van der Waals surface area contributed by atoms with Gasteiger partial charge in [-0.15, -0.1) is 5.10 Å². The van der Waals surface area contributed by atoms with E-state index in [1.807, 2.05) is 36.6 Å². The third-order valence-electron chi connectivity index (χ3n) is 5.49. The average molecular weight is 471 g/mol. The highest BCUT2D eigenvalue weighted by Gasteiger charge is 2.46. The number of ether oxygens (including phenoxy) is 1. The van der Waals surface area contributed by atoms with Crippen molar-refractivity contribution in [1.29, 1.82) is 0 Å². The first-order chi connectivity index (χ1) is 14.7. The van der Waals surface area contributed by atoms with Gasteiger partial charge < -0.3 is 25.4 Å². The van der Waals surface area contributed by atoms with E-state index in [0.717, 1.165) is 6.42 Å². The summed E-state index contributed by atoms with van der Waals surface area (Å²) in [5.74, 6) is 0.0859. The van der Waals surface area contributed by atoms with Gasteiger partial charge in [0.05, 0.1) is 11.6 Å². The molecule has 1 aliphatic heterocycles. The van der Waals surface area contributed by atoms with E-state index >= 15 is 0 Å². The second-order valence-electron chi connectivity index (χ2n) is 7.61. The highest BCUT2D eigenvalue weighted by Crippen LogP contribution is 2.33. The van der Waals surface area contributed by atoms with E-state index in [2.05, 4.69) is 10.4 Å². The number of halogens is 1. The third-order valence-corrected chi connectivity index (χ3v) is 6.20. The first kappa shape index (κ1) is 23.8. The molecule has 31 heavy (non-hydrogen) atoms. The van der Waals surface area contributed by atoms with Gasteiger partial charge in [0, 0.05) is 18.5 Å². The molecule has 0 spiro atoms. The Kier molecular flexibility index (Phi) is 7.51. The molecule has 0 bridgehead atoms. The second-order valence-corrected chi connectivity index (χ2v) is 8.39. The molecule has 1 aliphatic rings. The monoisotopic (exact) mass is 470 g/mol. The summed E-state index contributed by atoms with van der Waals surface area (Å²) in [6, 6.07) is 6.15. The number of nitrogens with zero attached hydrogens (tertiary/aromatic N) is 3. The minimum atomic E-state index is -1.40. The zero-order valence-electron chi connectivity index (χ0n) is 17.5. The Balaban J connectivity index is 2.19. The summed E-state index contributed by atoms with van der Waals surface area (Å²) in [5, 5.41) is 38.3. The van der Waals surface area contributed by atoms with E-state index in [4.69, 9.17) is 28.6 Å². The van der Waals surface area contributed by atoms with E-state index in [0.29, 0.717) is 21.2 Å². The van der Waals surface area contributed by atoms with Crippen LogP contribution in [-0.2, 0) is 9.53 Å². The van der Waals surface area contributed by atoms with Crippen LogP contribution in [0.5, 0.6) is 0 Å². The first-order valence-corrected chi connectivity index (χ1v) is 10.8. The lowest BCUT2D eigenvalue weighted by Gasteiger charge is -2.42. The molecule has 0 radical (unpaired) electrons. The Bertz CT molecular complexity index is 996. The maximum atomic E-state index is 11.8. The molecule has 4 N–H and O–H groups in total. The Morgan fingerprint density at radius 2 is 2.03 bits per heavy atom. The Labute approximate surface area is 190 Å². The molecule has 0 aliphatic carbocycles. The number of aromatic nitrogens is 3. The fourth-order valence-corrected chi connectivity index (χ4v) is 4.29. The van der Waals surface area contributed by atoms with Crippen LogP contribution >= 0.6 is 23.8 Å². The normalized spacial score (nSPS) is 27.1. The van der Waals surface area contributed by atoms with Gasteiger partial charge in [-0.2, -0.15) is 0 Å². The van der Waals surface area contributed by atoms with Gasteiger partial charge in [0.15, 0.2) is 12.1 Å². The number of hydrogen-bond donors (Lipinski definition) is 4. The fourth-order valence-electron chi connectivity index (χ4n) is 3.66. The van der Waals surface area contributed by atoms with Crippen LogP contribution in [0, 0.1) is 4.77 Å². The highest BCUT2D eigenvalue weighted by atomic mass is 35.5. The fraction of sp³-hybridized carbons (Fsp3) is 0.550. The molecule has 1 unspecified atom stereocenters. The van der Waals surface area contributed by atoms with Crippen LogP contribution in [0.2, 0.25) is 5.02 Å². The van der Waals surface area contributed by atoms with Gasteiger partial charge in [0.1, 0.15) is 24.4 Å². The number of benzene rings is 1. The van der Waals surface area contributed by atoms with E-state index in [1.165, 1.54) is 11.6 Å². The highest BCUT2D eigenvalue weighted by molar-refractivity contribution is 7.71. The van der Waals surface area contributed by atoms with E-state index < -0.39 is 43.1 Å². The van der Waals surface area contributed by atoms with Crippen LogP contribution in [-0.4, -0.2) is 66.5 Å². The maximum absolute atomic E-state index is 11.8. The van der Waals surface area contributed by atoms with Crippen LogP contribution < -0.4 is 5.32 Å². The molecule has 2 aromatic rings. The molecule has 1 amide bonds. The second kappa shape index (κ2) is 9.76. The quantitative estimate of drug-likeness (QED) is 0.475. The molecule has 0 saturated carbocycles. The van der Waals surface area contributed by atoms with Gasteiger partial charge in [-0.05, 0) is 37.7 Å². The largest absolute Gasteiger partial charge is 0.394 e. The molecule has 6 atom stereocenters. The predicted molar refractivity (Wildman–Crippen MR) is 117 cm³/mol. The molecule has 11 heteroatoms. The summed E-state index contributed by atoms with van der Waals surface area (Å²) >= 11 is 12.1. The molecule has 3 rings (SSSR count). The van der Waals surface area contributed by atoms with Crippen LogP contribution in [0.1, 0.15) is 39.5 Å². The van der Waals surface area contributed by atoms with Crippen molar-refractivity contribution in [2.24, 2.45) is 0 Å². The van der Waals surface area contributed by atoms with Crippen LogP contribution in [0.4, 0.5) is 0 Å². The maximum Gasteiger partial charge on any atom is 0.217 e. The van der Waals surface area contributed by atoms with Crippen molar-refractivity contribution in [2.45, 2.75) is 63.8 Å². The Morgan fingerprint density at radius 1 is 1.35 bits per heavy atom. The van der Waals surface area contributed by atoms with E-state index in [1.54, 1.807) is 6.07 Å². The smallest absolute Gasteiger partial charge is 0.217 e. The minimum absolute atomic E-state index is 0.0283. The van der Waals surface area contributed by atoms with Crippen molar-refractivity contribution < 1.29 is 24.9 Å². The molecule has 9 nitrogen and oxygen atoms in total. The van der Waals surface area contributed by atoms with Crippen molar-refractivity contribution in [3.8, 4) is 11.4 Å². The van der Waals surface area contributed by atoms with Gasteiger partial charge >= 0.3 is 0 Å². The third kappa shape index (κ3) is 4.55. The first-order valence-electron chi connectivity index (χ1n) is 10.1. The summed E-state index contributed by atoms with van der Waals surface area (Å²) in [6.45, 7) is 4.77. The topological polar surface area (TPSA) is 122 Å². The number of carbonyl (C=O) groups excluding carboxylic acids is 1. The minimum Gasteiger partial charge on any atom is -0.394 e. The number of hydrogen-bond acceptors (Lipinski definition) is 7. The molecule has 2 heterocycles. The number of carbonyl (C=O) groups is 1. The number of amides is 1. The SMILES string of the molecule is CCC(C)n1c(-c2ccccc2Cl)nn([C@@H]2O[C@H](CO)[C@@H](O)[C@H](O)[C@H]2NC(C)=O)c1=S. The number of rotatable bonds is 6. The molecular weight excluding hydrogens is 444 g/mol. The summed E-state index contributed by atoms with van der Waals surface area (Å²) in [6.07, 6.45) is -4.17. The van der Waals surface area contributed by atoms with Crippen molar-refractivity contribution in [2.75, 3.05) is 6.61 Å². The van der Waals surface area contributed by atoms with E-state index in [9.17, 15) is 20.1 Å². The lowest BCUT2D eigenvalue weighted by Crippen LogP contribution is -2.62. The van der Waals surface area contributed by atoms with Crippen LogP contribution in [0.15, 0.2) is 24.3 Å².